The second-order valence-corrected chi connectivity index (χ2v) is 18.7. The maximum atomic E-state index is 8.17. The van der Waals surface area contributed by atoms with Gasteiger partial charge in [0.1, 0.15) is 0 Å². The van der Waals surface area contributed by atoms with Crippen LogP contribution in [0.5, 0.6) is 5.75 Å². The van der Waals surface area contributed by atoms with Crippen LogP contribution < -0.4 is 4.65 Å². The Bertz CT molecular complexity index is 1880. The van der Waals surface area contributed by atoms with Crippen molar-refractivity contribution in [2.75, 3.05) is 0 Å². The first-order valence-corrected chi connectivity index (χ1v) is 22.6. The van der Waals surface area contributed by atoms with Gasteiger partial charge in [-0.1, -0.05) is 197 Å². The molecule has 2 unspecified atom stereocenters. The average Bonchev–Trinajstić information content (AvgIpc) is 3.88. The van der Waals surface area contributed by atoms with Crippen molar-refractivity contribution in [3.63, 3.8) is 0 Å². The van der Waals surface area contributed by atoms with Crippen LogP contribution in [0.15, 0.2) is 157 Å². The minimum atomic E-state index is 0.0526. The van der Waals surface area contributed by atoms with Crippen LogP contribution >= 0.6 is 19.5 Å². The van der Waals surface area contributed by atoms with Crippen molar-refractivity contribution in [3.8, 4) is 16.9 Å². The first-order valence-electron chi connectivity index (χ1n) is 20.8. The number of halogens is 1. The zero-order valence-electron chi connectivity index (χ0n) is 33.3. The van der Waals surface area contributed by atoms with E-state index in [0.717, 1.165) is 28.2 Å². The zero-order chi connectivity index (χ0) is 39.0. The van der Waals surface area contributed by atoms with Crippen molar-refractivity contribution in [2.45, 2.75) is 95.8 Å². The summed E-state index contributed by atoms with van der Waals surface area (Å²) < 4.78 is 4.64. The summed E-state index contributed by atoms with van der Waals surface area (Å²) in [6.45, 7) is 4.14. The lowest BCUT2D eigenvalue weighted by Crippen LogP contribution is -2.22. The van der Waals surface area contributed by atoms with Gasteiger partial charge >= 0.3 is 7.69 Å². The highest BCUT2D eigenvalue weighted by molar-refractivity contribution is 7.63. The Balaban J connectivity index is 0.000000147. The van der Waals surface area contributed by atoms with Crippen LogP contribution in [0, 0.1) is 25.7 Å². The van der Waals surface area contributed by atoms with Gasteiger partial charge in [-0.3, -0.25) is 0 Å². The molecule has 56 heavy (non-hydrogen) atoms. The number of hydrogen-bond donors (Lipinski definition) is 1. The van der Waals surface area contributed by atoms with E-state index in [1.54, 1.807) is 23.3 Å². The zero-order valence-corrected chi connectivity index (χ0v) is 34.9. The van der Waals surface area contributed by atoms with Crippen LogP contribution in [0.4, 0.5) is 0 Å². The van der Waals surface area contributed by atoms with Gasteiger partial charge in [-0.25, -0.2) is 0 Å². The number of fused-ring (bicyclic) bond motifs is 2. The van der Waals surface area contributed by atoms with Crippen LogP contribution in [0.1, 0.15) is 87.3 Å². The Labute approximate surface area is 344 Å². The smallest absolute Gasteiger partial charge is 0.537 e. The largest absolute Gasteiger partial charge is 0.569 e. The molecule has 0 saturated heterocycles. The third kappa shape index (κ3) is 12.1. The number of hydrogen-bond acceptors (Lipinski definition) is 2. The third-order valence-corrected chi connectivity index (χ3v) is 15.5. The normalized spacial score (nSPS) is 18.9. The fourth-order valence-corrected chi connectivity index (χ4v) is 13.2. The molecule has 0 aromatic heterocycles. The van der Waals surface area contributed by atoms with Crippen molar-refractivity contribution < 1.29 is 9.68 Å². The summed E-state index contributed by atoms with van der Waals surface area (Å²) in [6, 6.07) is 47.3. The molecule has 2 nitrogen and oxygen atoms in total. The van der Waals surface area contributed by atoms with E-state index >= 15 is 0 Å². The Morgan fingerprint density at radius 3 is 1.48 bits per heavy atom. The van der Waals surface area contributed by atoms with Crippen molar-refractivity contribution in [2.24, 2.45) is 11.8 Å². The molecule has 0 spiro atoms. The Morgan fingerprint density at radius 1 is 0.536 bits per heavy atom. The highest BCUT2D eigenvalue weighted by Crippen LogP contribution is 2.69. The van der Waals surface area contributed by atoms with Gasteiger partial charge in [0.15, 0.2) is 0 Å². The van der Waals surface area contributed by atoms with E-state index in [1.165, 1.54) is 92.9 Å². The number of rotatable bonds is 7. The monoisotopic (exact) mass is 779 g/mol. The molecule has 4 aliphatic rings. The fraction of sp³-hybridized carbons (Fsp3) is 0.333. The standard InChI is InChI=1S/C25H33P.C13H12.C7H7Cl.C6H6BO2/c1-4-10-19(11-5-1)24-20-16-17-21(18-20)25(24)26(22-12-6-2-7-13-22)23-14-8-3-9-15-23;1-11-7-9-13(10-8-11)12-5-3-2-4-6-12;1-6-2-4-7(8)5-3-6;8-7-9-6-4-2-1-3-5-6/h1,4-5,10-11,16-17,20-23H,2-3,6-9,12-15,18H2;2-10H,1H3;2-5H,1H3;1-5,8H. The lowest BCUT2D eigenvalue weighted by Gasteiger charge is -2.41. The van der Waals surface area contributed by atoms with E-state index in [9.17, 15) is 0 Å². The van der Waals surface area contributed by atoms with Crippen LogP contribution in [-0.4, -0.2) is 24.0 Å². The highest BCUT2D eigenvalue weighted by atomic mass is 35.5. The number of benzene rings is 5. The molecule has 2 bridgehead atoms. The predicted octanol–water partition coefficient (Wildman–Crippen LogP) is 14.7. The van der Waals surface area contributed by atoms with Crippen LogP contribution in [-0.2, 0) is 0 Å². The summed E-state index contributed by atoms with van der Waals surface area (Å²) in [7, 11) is 0.715. The van der Waals surface area contributed by atoms with E-state index in [-0.39, 0.29) is 7.92 Å². The fourth-order valence-electron chi connectivity index (χ4n) is 8.70. The summed E-state index contributed by atoms with van der Waals surface area (Å²) in [4.78, 5) is 0. The molecule has 2 fully saturated rings. The maximum Gasteiger partial charge on any atom is 0.569 e. The molecule has 9 rings (SSSR count). The van der Waals surface area contributed by atoms with Crippen molar-refractivity contribution in [1.82, 2.24) is 0 Å². The Kier molecular flexibility index (Phi) is 16.5. The molecule has 2 atom stereocenters. The molecule has 0 heterocycles. The first kappa shape index (κ1) is 41.8. The summed E-state index contributed by atoms with van der Waals surface area (Å²) in [6.07, 6.45) is 21.6. The molecule has 5 aromatic carbocycles. The minimum Gasteiger partial charge on any atom is -0.537 e. The lowest BCUT2D eigenvalue weighted by atomic mass is 9.95. The molecular weight excluding hydrogens is 722 g/mol. The average molecular weight is 780 g/mol. The minimum absolute atomic E-state index is 0.0526. The van der Waals surface area contributed by atoms with Crippen LogP contribution in [0.2, 0.25) is 5.02 Å². The van der Waals surface area contributed by atoms with E-state index < -0.39 is 0 Å². The number of allylic oxidation sites excluding steroid dienone is 4. The Hall–Kier alpha value is -3.88. The quantitative estimate of drug-likeness (QED) is 0.101. The molecule has 4 aliphatic carbocycles. The summed E-state index contributed by atoms with van der Waals surface area (Å²) in [5.41, 5.74) is 10.5. The van der Waals surface area contributed by atoms with E-state index in [1.807, 2.05) is 60.8 Å². The van der Waals surface area contributed by atoms with Crippen LogP contribution in [0.25, 0.3) is 16.7 Å². The van der Waals surface area contributed by atoms with Gasteiger partial charge in [-0.05, 0) is 109 Å². The molecule has 0 amide bonds. The van der Waals surface area contributed by atoms with Crippen molar-refractivity contribution in [3.05, 3.63) is 179 Å². The molecule has 0 aliphatic heterocycles. The van der Waals surface area contributed by atoms with E-state index in [2.05, 4.69) is 103 Å². The SMILES string of the molecule is C1=CC2CC1C(c1ccccc1)=C2P(C1CCCCC1)C1CCCCC1.Cc1ccc(-c2ccccc2)cc1.Cc1ccc(Cl)cc1.O[B]Oc1ccccc1. The highest BCUT2D eigenvalue weighted by Gasteiger charge is 2.44. The van der Waals surface area contributed by atoms with Gasteiger partial charge in [0, 0.05) is 16.9 Å². The summed E-state index contributed by atoms with van der Waals surface area (Å²) in [5, 5.41) is 10.9. The molecule has 289 valence electrons. The van der Waals surface area contributed by atoms with Crippen LogP contribution in [0.3, 0.4) is 0 Å². The van der Waals surface area contributed by atoms with Gasteiger partial charge in [0.2, 0.25) is 0 Å². The predicted molar refractivity (Wildman–Crippen MR) is 243 cm³/mol. The second-order valence-electron chi connectivity index (χ2n) is 15.6. The summed E-state index contributed by atoms with van der Waals surface area (Å²) in [5.74, 6) is 2.14. The van der Waals surface area contributed by atoms with E-state index in [4.69, 9.17) is 16.6 Å². The maximum absolute atomic E-state index is 8.17. The van der Waals surface area contributed by atoms with Gasteiger partial charge in [0.25, 0.3) is 0 Å². The number of para-hydroxylation sites is 1. The Morgan fingerprint density at radius 2 is 0.982 bits per heavy atom. The first-order chi connectivity index (χ1) is 27.5. The van der Waals surface area contributed by atoms with Gasteiger partial charge in [-0.2, -0.15) is 0 Å². The molecular formula is C51H58BClO2P. The topological polar surface area (TPSA) is 29.5 Å². The van der Waals surface area contributed by atoms with E-state index in [0.29, 0.717) is 13.4 Å². The van der Waals surface area contributed by atoms with Gasteiger partial charge in [-0.15, -0.1) is 0 Å². The lowest BCUT2D eigenvalue weighted by molar-refractivity contribution is 0.454. The van der Waals surface area contributed by atoms with Crippen molar-refractivity contribution in [1.29, 1.82) is 0 Å². The molecule has 1 N–H and O–H groups in total. The van der Waals surface area contributed by atoms with Gasteiger partial charge < -0.3 is 9.68 Å². The molecule has 5 aromatic rings. The summed E-state index contributed by atoms with van der Waals surface area (Å²) >= 11 is 5.61. The molecule has 2 saturated carbocycles. The third-order valence-electron chi connectivity index (χ3n) is 11.5. The second kappa shape index (κ2) is 22.2. The van der Waals surface area contributed by atoms with Crippen molar-refractivity contribution >= 4 is 32.8 Å². The molecule has 1 radical (unpaired) electrons. The number of aryl methyl sites for hydroxylation is 2. The van der Waals surface area contributed by atoms with Gasteiger partial charge in [0.05, 0.1) is 5.75 Å². The molecule has 5 heteroatoms.